The molecular formula is C11H23N3O2S. The lowest BCUT2D eigenvalue weighted by molar-refractivity contribution is -0.124. The number of amides is 1. The Morgan fingerprint density at radius 2 is 2.18 bits per heavy atom. The minimum atomic E-state index is -0.790. The van der Waals surface area contributed by atoms with Gasteiger partial charge in [0.15, 0.2) is 0 Å². The third-order valence-electron chi connectivity index (χ3n) is 2.88. The predicted molar refractivity (Wildman–Crippen MR) is 70.4 cm³/mol. The molecule has 100 valence electrons. The molecule has 0 spiro atoms. The monoisotopic (exact) mass is 261 g/mol. The van der Waals surface area contributed by atoms with E-state index < -0.39 is 10.8 Å². The van der Waals surface area contributed by atoms with E-state index in [1.54, 1.807) is 6.26 Å². The first-order chi connectivity index (χ1) is 7.99. The summed E-state index contributed by atoms with van der Waals surface area (Å²) in [7, 11) is -0.790. The first-order valence-electron chi connectivity index (χ1n) is 6.06. The van der Waals surface area contributed by atoms with Crippen LogP contribution >= 0.6 is 0 Å². The van der Waals surface area contributed by atoms with Gasteiger partial charge in [-0.2, -0.15) is 0 Å². The quantitative estimate of drug-likeness (QED) is 0.606. The number of hydrogen-bond donors (Lipinski definition) is 3. The average molecular weight is 261 g/mol. The zero-order valence-electron chi connectivity index (χ0n) is 10.8. The molecule has 0 bridgehead atoms. The highest BCUT2D eigenvalue weighted by Crippen LogP contribution is 1.97. The summed E-state index contributed by atoms with van der Waals surface area (Å²) in [4.78, 5) is 11.9. The smallest absolute Gasteiger partial charge is 0.238 e. The Kier molecular flexibility index (Phi) is 6.08. The fourth-order valence-electron chi connectivity index (χ4n) is 1.73. The van der Waals surface area contributed by atoms with E-state index in [2.05, 4.69) is 22.9 Å². The van der Waals surface area contributed by atoms with Gasteiger partial charge in [-0.25, -0.2) is 0 Å². The van der Waals surface area contributed by atoms with Crippen LogP contribution in [0.2, 0.25) is 0 Å². The van der Waals surface area contributed by atoms with Crippen LogP contribution in [0.15, 0.2) is 0 Å². The second-order valence-electron chi connectivity index (χ2n) is 4.75. The first-order valence-corrected chi connectivity index (χ1v) is 7.79. The van der Waals surface area contributed by atoms with E-state index in [0.29, 0.717) is 18.3 Å². The molecule has 4 unspecified atom stereocenters. The topological polar surface area (TPSA) is 70.2 Å². The maximum atomic E-state index is 11.9. The lowest BCUT2D eigenvalue weighted by Gasteiger charge is -2.29. The van der Waals surface area contributed by atoms with Crippen molar-refractivity contribution in [3.63, 3.8) is 0 Å². The molecule has 1 aliphatic heterocycles. The van der Waals surface area contributed by atoms with E-state index in [-0.39, 0.29) is 18.0 Å². The summed E-state index contributed by atoms with van der Waals surface area (Å²) in [6, 6.07) is 0.340. The van der Waals surface area contributed by atoms with Crippen LogP contribution in [0, 0.1) is 0 Å². The predicted octanol–water partition coefficient (Wildman–Crippen LogP) is -0.790. The summed E-state index contributed by atoms with van der Waals surface area (Å²) < 4.78 is 10.9. The van der Waals surface area contributed by atoms with Crippen LogP contribution in [0.25, 0.3) is 0 Å². The van der Waals surface area contributed by atoms with Crippen molar-refractivity contribution in [3.05, 3.63) is 0 Å². The van der Waals surface area contributed by atoms with Gasteiger partial charge in [0.2, 0.25) is 5.91 Å². The number of hydrogen-bond acceptors (Lipinski definition) is 4. The van der Waals surface area contributed by atoms with Gasteiger partial charge in [-0.15, -0.1) is 0 Å². The van der Waals surface area contributed by atoms with Gasteiger partial charge in [0.05, 0.1) is 6.04 Å². The number of carbonyl (C=O) groups is 1. The Hall–Kier alpha value is -0.460. The lowest BCUT2D eigenvalue weighted by Crippen LogP contribution is -2.59. The molecule has 0 aromatic heterocycles. The molecule has 1 rings (SSSR count). The molecule has 0 aromatic rings. The molecule has 17 heavy (non-hydrogen) atoms. The Labute approximate surface area is 106 Å². The summed E-state index contributed by atoms with van der Waals surface area (Å²) in [5.41, 5.74) is 0. The van der Waals surface area contributed by atoms with Crippen LogP contribution in [0.3, 0.4) is 0 Å². The Bertz CT molecular complexity index is 278. The van der Waals surface area contributed by atoms with Gasteiger partial charge in [-0.05, 0) is 20.3 Å². The Balaban J connectivity index is 2.26. The molecule has 6 heteroatoms. The largest absolute Gasteiger partial charge is 0.352 e. The molecule has 0 aromatic carbocycles. The molecule has 3 N–H and O–H groups in total. The minimum Gasteiger partial charge on any atom is -0.352 e. The van der Waals surface area contributed by atoms with E-state index in [1.807, 2.05) is 6.92 Å². The van der Waals surface area contributed by atoms with E-state index >= 15 is 0 Å². The van der Waals surface area contributed by atoms with Gasteiger partial charge in [-0.3, -0.25) is 9.00 Å². The second kappa shape index (κ2) is 7.08. The zero-order valence-corrected chi connectivity index (χ0v) is 11.6. The summed E-state index contributed by atoms with van der Waals surface area (Å²) in [5, 5.41) is 9.41. The molecule has 1 amide bonds. The number of carbonyl (C=O) groups excluding carboxylic acids is 1. The van der Waals surface area contributed by atoms with E-state index in [9.17, 15) is 9.00 Å². The van der Waals surface area contributed by atoms with Gasteiger partial charge in [0.25, 0.3) is 0 Å². The molecule has 0 aliphatic carbocycles. The number of rotatable bonds is 5. The van der Waals surface area contributed by atoms with Crippen molar-refractivity contribution < 1.29 is 9.00 Å². The van der Waals surface area contributed by atoms with Crippen LogP contribution in [-0.2, 0) is 15.6 Å². The summed E-state index contributed by atoms with van der Waals surface area (Å²) in [6.45, 7) is 5.51. The maximum Gasteiger partial charge on any atom is 0.238 e. The SMILES string of the molecule is CC1CNC(C(=O)NC(C)CCS(C)=O)CN1. The van der Waals surface area contributed by atoms with Crippen LogP contribution in [0.5, 0.6) is 0 Å². The molecule has 1 aliphatic rings. The van der Waals surface area contributed by atoms with E-state index in [4.69, 9.17) is 0 Å². The van der Waals surface area contributed by atoms with E-state index in [1.165, 1.54) is 0 Å². The maximum absolute atomic E-state index is 11.9. The molecule has 5 nitrogen and oxygen atoms in total. The van der Waals surface area contributed by atoms with Gasteiger partial charge >= 0.3 is 0 Å². The van der Waals surface area contributed by atoms with Crippen molar-refractivity contribution >= 4 is 16.7 Å². The van der Waals surface area contributed by atoms with Crippen molar-refractivity contribution in [2.24, 2.45) is 0 Å². The first kappa shape index (κ1) is 14.6. The summed E-state index contributed by atoms with van der Waals surface area (Å²) in [6.07, 6.45) is 2.44. The van der Waals surface area contributed by atoms with Crippen molar-refractivity contribution in [2.75, 3.05) is 25.1 Å². The van der Waals surface area contributed by atoms with Crippen LogP contribution in [0.1, 0.15) is 20.3 Å². The molecule has 0 radical (unpaired) electrons. The van der Waals surface area contributed by atoms with Gasteiger partial charge < -0.3 is 16.0 Å². The van der Waals surface area contributed by atoms with Crippen LogP contribution in [0.4, 0.5) is 0 Å². The van der Waals surface area contributed by atoms with E-state index in [0.717, 1.165) is 13.0 Å². The normalized spacial score (nSPS) is 28.4. The standard InChI is InChI=1S/C11H23N3O2S/c1-8(4-5-17(3)16)14-11(15)10-7-12-9(2)6-13-10/h8-10,12-13H,4-7H2,1-3H3,(H,14,15). The fourth-order valence-corrected chi connectivity index (χ4v) is 2.41. The highest BCUT2D eigenvalue weighted by atomic mass is 32.2. The summed E-state index contributed by atoms with van der Waals surface area (Å²) >= 11 is 0. The summed E-state index contributed by atoms with van der Waals surface area (Å²) in [5.74, 6) is 0.660. The molecule has 1 heterocycles. The van der Waals surface area contributed by atoms with Crippen molar-refractivity contribution in [3.8, 4) is 0 Å². The second-order valence-corrected chi connectivity index (χ2v) is 6.30. The Morgan fingerprint density at radius 3 is 2.71 bits per heavy atom. The molecular weight excluding hydrogens is 238 g/mol. The van der Waals surface area contributed by atoms with Crippen LogP contribution < -0.4 is 16.0 Å². The number of piperazine rings is 1. The fraction of sp³-hybridized carbons (Fsp3) is 0.909. The third-order valence-corrected chi connectivity index (χ3v) is 3.69. The lowest BCUT2D eigenvalue weighted by atomic mass is 10.1. The number of nitrogens with one attached hydrogen (secondary N) is 3. The van der Waals surface area contributed by atoms with Crippen molar-refractivity contribution in [2.45, 2.75) is 38.4 Å². The third kappa shape index (κ3) is 5.61. The molecule has 1 saturated heterocycles. The van der Waals surface area contributed by atoms with Crippen molar-refractivity contribution in [1.82, 2.24) is 16.0 Å². The van der Waals surface area contributed by atoms with Gasteiger partial charge in [0.1, 0.15) is 0 Å². The minimum absolute atomic E-state index is 0.0267. The molecule has 0 saturated carbocycles. The Morgan fingerprint density at radius 1 is 1.47 bits per heavy atom. The molecule has 1 fully saturated rings. The zero-order chi connectivity index (χ0) is 12.8. The average Bonchev–Trinajstić information content (AvgIpc) is 2.27. The van der Waals surface area contributed by atoms with Gasteiger partial charge in [0, 0.05) is 48.0 Å². The van der Waals surface area contributed by atoms with Crippen molar-refractivity contribution in [1.29, 1.82) is 0 Å². The molecule has 4 atom stereocenters. The van der Waals surface area contributed by atoms with Crippen LogP contribution in [-0.4, -0.2) is 53.3 Å². The highest BCUT2D eigenvalue weighted by molar-refractivity contribution is 7.84. The van der Waals surface area contributed by atoms with Gasteiger partial charge in [-0.1, -0.05) is 0 Å². The highest BCUT2D eigenvalue weighted by Gasteiger charge is 2.23.